The molecule has 0 radical (unpaired) electrons. The maximum atomic E-state index is 13.0. The molecule has 0 saturated carbocycles. The number of rotatable bonds is 7. The number of alkyl halides is 3. The lowest BCUT2D eigenvalue weighted by Gasteiger charge is -2.36. The van der Waals surface area contributed by atoms with Gasteiger partial charge in [0.05, 0.1) is 6.61 Å². The molecule has 0 spiro atoms. The second-order valence-corrected chi connectivity index (χ2v) is 5.65. The number of hydrogen-bond donors (Lipinski definition) is 2. The van der Waals surface area contributed by atoms with Crippen molar-refractivity contribution >= 4 is 12.0 Å². The van der Waals surface area contributed by atoms with E-state index < -0.39 is 54.6 Å². The first-order valence-electron chi connectivity index (χ1n) is 8.06. The largest absolute Gasteiger partial charge is 0.451 e. The van der Waals surface area contributed by atoms with Gasteiger partial charge in [0.25, 0.3) is 5.91 Å². The van der Waals surface area contributed by atoms with Crippen LogP contribution in [-0.2, 0) is 9.47 Å². The number of fused-ring (bicyclic) bond motifs is 1. The van der Waals surface area contributed by atoms with Crippen molar-refractivity contribution in [3.05, 3.63) is 28.2 Å². The first-order chi connectivity index (χ1) is 13.2. The molecule has 1 aromatic heterocycles. The third-order valence-corrected chi connectivity index (χ3v) is 3.84. The molecule has 1 aromatic rings. The summed E-state index contributed by atoms with van der Waals surface area (Å²) in [5, 5.41) is 2.33. The van der Waals surface area contributed by atoms with Gasteiger partial charge in [-0.25, -0.2) is 4.79 Å². The summed E-state index contributed by atoms with van der Waals surface area (Å²) in [6, 6.07) is -1.03. The van der Waals surface area contributed by atoms with Crippen LogP contribution in [0.25, 0.3) is 0 Å². The standard InChI is InChI=1S/C15H19F3N4O6/c1-9(15(16,17)18)21-7-20-22-5-3-10(23)12(11(22)13(21)24)27-8-28-14(25)19-4-6-26-2/h3,5,9,20H,4,6-8H2,1-2H3,(H,19,25)/t9-/m1/s1. The highest BCUT2D eigenvalue weighted by Gasteiger charge is 2.44. The van der Waals surface area contributed by atoms with Gasteiger partial charge in [0.15, 0.2) is 5.69 Å². The molecule has 0 bridgehead atoms. The van der Waals surface area contributed by atoms with Gasteiger partial charge < -0.3 is 29.9 Å². The average Bonchev–Trinajstić information content (AvgIpc) is 2.63. The number of alkyl carbamates (subject to hydrolysis) is 1. The molecule has 0 aromatic carbocycles. The van der Waals surface area contributed by atoms with Gasteiger partial charge >= 0.3 is 12.3 Å². The van der Waals surface area contributed by atoms with E-state index in [-0.39, 0.29) is 13.2 Å². The Morgan fingerprint density at radius 2 is 2.11 bits per heavy atom. The maximum absolute atomic E-state index is 13.0. The Labute approximate surface area is 157 Å². The van der Waals surface area contributed by atoms with Crippen molar-refractivity contribution in [2.24, 2.45) is 0 Å². The first kappa shape index (κ1) is 21.3. The number of nitrogens with zero attached hydrogens (tertiary/aromatic N) is 2. The molecule has 2 N–H and O–H groups in total. The van der Waals surface area contributed by atoms with E-state index >= 15 is 0 Å². The van der Waals surface area contributed by atoms with Crippen LogP contribution in [0.4, 0.5) is 18.0 Å². The lowest BCUT2D eigenvalue weighted by Crippen LogP contribution is -2.54. The van der Waals surface area contributed by atoms with Gasteiger partial charge in [-0.15, -0.1) is 0 Å². The van der Waals surface area contributed by atoms with Crippen LogP contribution in [0, 0.1) is 0 Å². The predicted octanol–water partition coefficient (Wildman–Crippen LogP) is 0.465. The highest BCUT2D eigenvalue weighted by Crippen LogP contribution is 2.28. The smallest absolute Gasteiger partial charge is 0.410 e. The third kappa shape index (κ3) is 4.85. The number of hydrogen-bond acceptors (Lipinski definition) is 7. The zero-order valence-electron chi connectivity index (χ0n) is 15.0. The van der Waals surface area contributed by atoms with Crippen LogP contribution in [0.2, 0.25) is 0 Å². The van der Waals surface area contributed by atoms with Gasteiger partial charge in [0, 0.05) is 25.9 Å². The monoisotopic (exact) mass is 408 g/mol. The fraction of sp³-hybridized carbons (Fsp3) is 0.533. The maximum Gasteiger partial charge on any atom is 0.410 e. The summed E-state index contributed by atoms with van der Waals surface area (Å²) >= 11 is 0. The summed E-state index contributed by atoms with van der Waals surface area (Å²) in [4.78, 5) is 36.6. The summed E-state index contributed by atoms with van der Waals surface area (Å²) in [5.41, 5.74) is 1.38. The molecule has 1 atom stereocenters. The Hall–Kier alpha value is -2.96. The summed E-state index contributed by atoms with van der Waals surface area (Å²) in [7, 11) is 1.44. The molecule has 0 unspecified atom stereocenters. The van der Waals surface area contributed by atoms with E-state index in [4.69, 9.17) is 14.2 Å². The van der Waals surface area contributed by atoms with Gasteiger partial charge in [-0.05, 0) is 6.92 Å². The van der Waals surface area contributed by atoms with Crippen molar-refractivity contribution in [3.8, 4) is 5.75 Å². The summed E-state index contributed by atoms with van der Waals surface area (Å²) in [6.45, 7) is 0.0903. The SMILES string of the molecule is COCCNC(=O)OCOc1c2n(ccc1=O)NCN([C@H](C)C(F)(F)F)C2=O. The van der Waals surface area contributed by atoms with Crippen LogP contribution in [0.15, 0.2) is 17.1 Å². The van der Waals surface area contributed by atoms with Crippen molar-refractivity contribution < 1.29 is 37.0 Å². The van der Waals surface area contributed by atoms with Crippen LogP contribution >= 0.6 is 0 Å². The fourth-order valence-electron chi connectivity index (χ4n) is 2.29. The van der Waals surface area contributed by atoms with E-state index in [0.29, 0.717) is 4.90 Å². The second-order valence-electron chi connectivity index (χ2n) is 5.65. The number of nitrogens with one attached hydrogen (secondary N) is 2. The minimum absolute atomic E-state index is 0.172. The van der Waals surface area contributed by atoms with Crippen molar-refractivity contribution in [2.45, 2.75) is 19.1 Å². The number of amides is 2. The molecule has 10 nitrogen and oxygen atoms in total. The molecule has 0 fully saturated rings. The zero-order valence-corrected chi connectivity index (χ0v) is 15.0. The number of carbonyl (C=O) groups excluding carboxylic acids is 2. The van der Waals surface area contributed by atoms with Crippen LogP contribution in [0.5, 0.6) is 5.75 Å². The molecular formula is C15H19F3N4O6. The number of pyridine rings is 1. The van der Waals surface area contributed by atoms with Gasteiger partial charge in [0.2, 0.25) is 18.0 Å². The third-order valence-electron chi connectivity index (χ3n) is 3.84. The molecule has 28 heavy (non-hydrogen) atoms. The van der Waals surface area contributed by atoms with E-state index in [1.807, 2.05) is 0 Å². The molecule has 1 aliphatic rings. The Balaban J connectivity index is 2.14. The lowest BCUT2D eigenvalue weighted by molar-refractivity contribution is -0.172. The molecular weight excluding hydrogens is 389 g/mol. The number of methoxy groups -OCH3 is 1. The van der Waals surface area contributed by atoms with Crippen LogP contribution < -0.4 is 20.9 Å². The zero-order chi connectivity index (χ0) is 20.9. The fourth-order valence-corrected chi connectivity index (χ4v) is 2.29. The second kappa shape index (κ2) is 8.82. The lowest BCUT2D eigenvalue weighted by atomic mass is 10.2. The number of ether oxygens (including phenoxy) is 3. The molecule has 2 rings (SSSR count). The molecule has 2 heterocycles. The van der Waals surface area contributed by atoms with E-state index in [1.165, 1.54) is 13.3 Å². The van der Waals surface area contributed by atoms with E-state index in [2.05, 4.69) is 10.7 Å². The van der Waals surface area contributed by atoms with Gasteiger partial charge in [-0.3, -0.25) is 14.3 Å². The number of halogens is 3. The van der Waals surface area contributed by atoms with Crippen LogP contribution in [-0.4, -0.2) is 67.5 Å². The normalized spacial score (nSPS) is 14.8. The Bertz CT molecular complexity index is 782. The quantitative estimate of drug-likeness (QED) is 0.498. The minimum atomic E-state index is -4.65. The predicted molar refractivity (Wildman–Crippen MR) is 88.5 cm³/mol. The average molecular weight is 408 g/mol. The molecule has 1 aliphatic heterocycles. The Kier molecular flexibility index (Phi) is 6.72. The molecule has 13 heteroatoms. The molecule has 2 amide bonds. The highest BCUT2D eigenvalue weighted by molar-refractivity contribution is 5.96. The molecule has 0 saturated heterocycles. The van der Waals surface area contributed by atoms with E-state index in [1.54, 1.807) is 0 Å². The van der Waals surface area contributed by atoms with Gasteiger partial charge in [0.1, 0.15) is 12.7 Å². The Morgan fingerprint density at radius 1 is 1.39 bits per heavy atom. The van der Waals surface area contributed by atoms with E-state index in [0.717, 1.165) is 17.7 Å². The van der Waals surface area contributed by atoms with Crippen molar-refractivity contribution in [3.63, 3.8) is 0 Å². The highest BCUT2D eigenvalue weighted by atomic mass is 19.4. The van der Waals surface area contributed by atoms with Crippen molar-refractivity contribution in [2.75, 3.05) is 39.1 Å². The summed E-state index contributed by atoms with van der Waals surface area (Å²) in [6.07, 6.45) is -4.33. The van der Waals surface area contributed by atoms with Gasteiger partial charge in [-0.2, -0.15) is 13.2 Å². The van der Waals surface area contributed by atoms with E-state index in [9.17, 15) is 27.6 Å². The number of aromatic nitrogens is 1. The van der Waals surface area contributed by atoms with Crippen LogP contribution in [0.1, 0.15) is 17.4 Å². The van der Waals surface area contributed by atoms with Crippen molar-refractivity contribution in [1.29, 1.82) is 0 Å². The molecule has 0 aliphatic carbocycles. The topological polar surface area (TPSA) is 111 Å². The van der Waals surface area contributed by atoms with Gasteiger partial charge in [-0.1, -0.05) is 0 Å². The number of carbonyl (C=O) groups is 2. The summed E-state index contributed by atoms with van der Waals surface area (Å²) < 4.78 is 54.6. The first-order valence-corrected chi connectivity index (χ1v) is 8.06. The minimum Gasteiger partial charge on any atom is -0.451 e. The Morgan fingerprint density at radius 3 is 2.75 bits per heavy atom. The van der Waals surface area contributed by atoms with Crippen molar-refractivity contribution in [1.82, 2.24) is 14.9 Å². The molecule has 156 valence electrons. The summed E-state index contributed by atoms with van der Waals surface area (Å²) in [5.74, 6) is -1.59. The van der Waals surface area contributed by atoms with Crippen LogP contribution in [0.3, 0.4) is 0 Å².